The van der Waals surface area contributed by atoms with E-state index < -0.39 is 0 Å². The summed E-state index contributed by atoms with van der Waals surface area (Å²) in [5, 5.41) is 2.83. The minimum absolute atomic E-state index is 0.210. The SMILES string of the molecule is COC(=O)c1ccc(CNC(=O)c2c(C)oc(C)c2Br)cc1. The van der Waals surface area contributed by atoms with E-state index in [1.54, 1.807) is 38.1 Å². The Kier molecular flexibility index (Phi) is 5.03. The summed E-state index contributed by atoms with van der Waals surface area (Å²) in [4.78, 5) is 23.6. The van der Waals surface area contributed by atoms with Crippen LogP contribution < -0.4 is 5.32 Å². The fourth-order valence-electron chi connectivity index (χ4n) is 2.06. The van der Waals surface area contributed by atoms with E-state index in [0.717, 1.165) is 5.56 Å². The molecule has 2 aromatic rings. The zero-order valence-electron chi connectivity index (χ0n) is 12.5. The summed E-state index contributed by atoms with van der Waals surface area (Å²) in [5.41, 5.74) is 1.86. The van der Waals surface area contributed by atoms with Crippen LogP contribution in [0.1, 0.15) is 37.8 Å². The molecule has 5 nitrogen and oxygen atoms in total. The van der Waals surface area contributed by atoms with E-state index in [9.17, 15) is 9.59 Å². The Balaban J connectivity index is 2.03. The van der Waals surface area contributed by atoms with Gasteiger partial charge in [0.15, 0.2) is 0 Å². The number of esters is 1. The molecule has 116 valence electrons. The number of furan rings is 1. The number of ether oxygens (including phenoxy) is 1. The van der Waals surface area contributed by atoms with E-state index in [1.807, 2.05) is 0 Å². The van der Waals surface area contributed by atoms with E-state index in [-0.39, 0.29) is 11.9 Å². The molecule has 0 aliphatic rings. The van der Waals surface area contributed by atoms with Crippen molar-refractivity contribution in [1.82, 2.24) is 5.32 Å². The van der Waals surface area contributed by atoms with Gasteiger partial charge >= 0.3 is 5.97 Å². The minimum Gasteiger partial charge on any atom is -0.465 e. The van der Waals surface area contributed by atoms with E-state index >= 15 is 0 Å². The van der Waals surface area contributed by atoms with Crippen LogP contribution in [0.3, 0.4) is 0 Å². The molecule has 6 heteroatoms. The number of halogens is 1. The van der Waals surface area contributed by atoms with Gasteiger partial charge in [-0.25, -0.2) is 4.79 Å². The van der Waals surface area contributed by atoms with Crippen LogP contribution in [0.15, 0.2) is 33.2 Å². The third-order valence-electron chi connectivity index (χ3n) is 3.24. The van der Waals surface area contributed by atoms with Crippen molar-refractivity contribution in [2.24, 2.45) is 0 Å². The maximum Gasteiger partial charge on any atom is 0.337 e. The highest BCUT2D eigenvalue weighted by atomic mass is 79.9. The zero-order chi connectivity index (χ0) is 16.3. The first-order valence-electron chi connectivity index (χ1n) is 6.65. The summed E-state index contributed by atoms with van der Waals surface area (Å²) < 4.78 is 10.7. The normalized spacial score (nSPS) is 10.4. The summed E-state index contributed by atoms with van der Waals surface area (Å²) >= 11 is 3.36. The van der Waals surface area contributed by atoms with Gasteiger partial charge in [0.25, 0.3) is 5.91 Å². The summed E-state index contributed by atoms with van der Waals surface area (Å²) in [6.45, 7) is 3.90. The van der Waals surface area contributed by atoms with Gasteiger partial charge in [0.1, 0.15) is 11.5 Å². The highest BCUT2D eigenvalue weighted by molar-refractivity contribution is 9.10. The molecular formula is C16H16BrNO4. The molecule has 1 aromatic carbocycles. The molecule has 0 aliphatic heterocycles. The summed E-state index contributed by atoms with van der Waals surface area (Å²) in [6.07, 6.45) is 0. The molecule has 0 radical (unpaired) electrons. The van der Waals surface area contributed by atoms with Crippen LogP contribution >= 0.6 is 15.9 Å². The van der Waals surface area contributed by atoms with Crippen molar-refractivity contribution in [3.63, 3.8) is 0 Å². The molecular weight excluding hydrogens is 350 g/mol. The number of nitrogens with one attached hydrogen (secondary N) is 1. The van der Waals surface area contributed by atoms with Gasteiger partial charge in [-0.05, 0) is 47.5 Å². The molecule has 0 unspecified atom stereocenters. The Labute approximate surface area is 136 Å². The van der Waals surface area contributed by atoms with Crippen LogP contribution in [0.2, 0.25) is 0 Å². The van der Waals surface area contributed by atoms with E-state index in [0.29, 0.717) is 33.7 Å². The largest absolute Gasteiger partial charge is 0.465 e. The number of carbonyl (C=O) groups excluding carboxylic acids is 2. The van der Waals surface area contributed by atoms with Crippen molar-refractivity contribution in [3.8, 4) is 0 Å². The van der Waals surface area contributed by atoms with Gasteiger partial charge in [-0.1, -0.05) is 12.1 Å². The van der Waals surface area contributed by atoms with Gasteiger partial charge in [-0.15, -0.1) is 0 Å². The molecule has 0 fully saturated rings. The Morgan fingerprint density at radius 2 is 1.82 bits per heavy atom. The number of rotatable bonds is 4. The molecule has 1 heterocycles. The molecule has 1 aromatic heterocycles. The molecule has 1 N–H and O–H groups in total. The lowest BCUT2D eigenvalue weighted by Crippen LogP contribution is -2.23. The van der Waals surface area contributed by atoms with Crippen LogP contribution in [0, 0.1) is 13.8 Å². The molecule has 2 rings (SSSR count). The fraction of sp³-hybridized carbons (Fsp3) is 0.250. The number of aryl methyl sites for hydroxylation is 2. The first-order chi connectivity index (χ1) is 10.4. The molecule has 0 atom stereocenters. The fourth-order valence-corrected chi connectivity index (χ4v) is 2.60. The van der Waals surface area contributed by atoms with Gasteiger partial charge in [0.2, 0.25) is 0 Å². The van der Waals surface area contributed by atoms with Crippen molar-refractivity contribution in [2.45, 2.75) is 20.4 Å². The average molecular weight is 366 g/mol. The van der Waals surface area contributed by atoms with Crippen LogP contribution in [0.5, 0.6) is 0 Å². The molecule has 0 aliphatic carbocycles. The Hall–Kier alpha value is -2.08. The number of methoxy groups -OCH3 is 1. The highest BCUT2D eigenvalue weighted by Gasteiger charge is 2.19. The predicted molar refractivity (Wildman–Crippen MR) is 84.8 cm³/mol. The van der Waals surface area contributed by atoms with Crippen molar-refractivity contribution >= 4 is 27.8 Å². The third kappa shape index (κ3) is 3.39. The number of benzene rings is 1. The molecule has 22 heavy (non-hydrogen) atoms. The monoisotopic (exact) mass is 365 g/mol. The van der Waals surface area contributed by atoms with Crippen molar-refractivity contribution in [3.05, 3.63) is 56.9 Å². The van der Waals surface area contributed by atoms with Crippen LogP contribution in [-0.4, -0.2) is 19.0 Å². The summed E-state index contributed by atoms with van der Waals surface area (Å²) in [7, 11) is 1.34. The van der Waals surface area contributed by atoms with E-state index in [4.69, 9.17) is 4.42 Å². The second-order valence-electron chi connectivity index (χ2n) is 4.77. The number of hydrogen-bond acceptors (Lipinski definition) is 4. The lowest BCUT2D eigenvalue weighted by atomic mass is 10.1. The molecule has 0 saturated carbocycles. The number of amides is 1. The van der Waals surface area contributed by atoms with Crippen molar-refractivity contribution in [2.75, 3.05) is 7.11 Å². The lowest BCUT2D eigenvalue weighted by Gasteiger charge is -2.06. The van der Waals surface area contributed by atoms with Gasteiger partial charge in [-0.2, -0.15) is 0 Å². The van der Waals surface area contributed by atoms with Crippen LogP contribution in [0.4, 0.5) is 0 Å². The van der Waals surface area contributed by atoms with Gasteiger partial charge < -0.3 is 14.5 Å². The first-order valence-corrected chi connectivity index (χ1v) is 7.44. The van der Waals surface area contributed by atoms with Crippen LogP contribution in [-0.2, 0) is 11.3 Å². The van der Waals surface area contributed by atoms with Crippen molar-refractivity contribution in [1.29, 1.82) is 0 Å². The van der Waals surface area contributed by atoms with Gasteiger partial charge in [-0.3, -0.25) is 4.79 Å². The van der Waals surface area contributed by atoms with Gasteiger partial charge in [0, 0.05) is 6.54 Å². The quantitative estimate of drug-likeness (QED) is 0.843. The standard InChI is InChI=1S/C16H16BrNO4/c1-9-13(14(17)10(2)22-9)15(19)18-8-11-4-6-12(7-5-11)16(20)21-3/h4-7H,8H2,1-3H3,(H,18,19). The maximum absolute atomic E-state index is 12.2. The second kappa shape index (κ2) is 6.79. The molecule has 1 amide bonds. The predicted octanol–water partition coefficient (Wildman–Crippen LogP) is 3.38. The van der Waals surface area contributed by atoms with Crippen LogP contribution in [0.25, 0.3) is 0 Å². The van der Waals surface area contributed by atoms with Gasteiger partial charge in [0.05, 0.1) is 22.7 Å². The van der Waals surface area contributed by atoms with Crippen molar-refractivity contribution < 1.29 is 18.7 Å². The minimum atomic E-state index is -0.385. The summed E-state index contributed by atoms with van der Waals surface area (Å²) in [6, 6.07) is 6.87. The maximum atomic E-state index is 12.2. The smallest absolute Gasteiger partial charge is 0.337 e. The average Bonchev–Trinajstić information content (AvgIpc) is 2.77. The Morgan fingerprint density at radius 3 is 2.32 bits per heavy atom. The number of hydrogen-bond donors (Lipinski definition) is 1. The number of carbonyl (C=O) groups is 2. The van der Waals surface area contributed by atoms with E-state index in [1.165, 1.54) is 7.11 Å². The first kappa shape index (κ1) is 16.3. The second-order valence-corrected chi connectivity index (χ2v) is 5.57. The third-order valence-corrected chi connectivity index (χ3v) is 4.20. The Morgan fingerprint density at radius 1 is 1.18 bits per heavy atom. The topological polar surface area (TPSA) is 68.5 Å². The molecule has 0 saturated heterocycles. The van der Waals surface area contributed by atoms with E-state index in [2.05, 4.69) is 26.0 Å². The zero-order valence-corrected chi connectivity index (χ0v) is 14.1. The highest BCUT2D eigenvalue weighted by Crippen LogP contribution is 2.27. The molecule has 0 bridgehead atoms. The molecule has 0 spiro atoms. The summed E-state index contributed by atoms with van der Waals surface area (Å²) in [5.74, 6) is 0.648. The Bertz CT molecular complexity index is 704. The lowest BCUT2D eigenvalue weighted by molar-refractivity contribution is 0.0600.